The van der Waals surface area contributed by atoms with Crippen molar-refractivity contribution in [2.24, 2.45) is 0 Å². The third kappa shape index (κ3) is 4.17. The van der Waals surface area contributed by atoms with Gasteiger partial charge >= 0.3 is 0 Å². The van der Waals surface area contributed by atoms with Crippen LogP contribution in [0.3, 0.4) is 0 Å². The largest absolute Gasteiger partial charge is 0.468 e. The highest BCUT2D eigenvalue weighted by Crippen LogP contribution is 2.38. The van der Waals surface area contributed by atoms with Crippen molar-refractivity contribution in [3.63, 3.8) is 0 Å². The van der Waals surface area contributed by atoms with Gasteiger partial charge in [-0.15, -0.1) is 11.8 Å². The summed E-state index contributed by atoms with van der Waals surface area (Å²) in [6, 6.07) is 9.60. The van der Waals surface area contributed by atoms with Crippen LogP contribution in [0.1, 0.15) is 28.9 Å². The van der Waals surface area contributed by atoms with Gasteiger partial charge in [-0.2, -0.15) is 0 Å². The van der Waals surface area contributed by atoms with Crippen molar-refractivity contribution in [2.45, 2.75) is 26.0 Å². The first-order chi connectivity index (χ1) is 13.0. The molecule has 5 nitrogen and oxygen atoms in total. The fourth-order valence-electron chi connectivity index (χ4n) is 3.13. The minimum Gasteiger partial charge on any atom is -0.468 e. The zero-order chi connectivity index (χ0) is 19.4. The first-order valence-corrected chi connectivity index (χ1v) is 9.83. The van der Waals surface area contributed by atoms with Crippen LogP contribution < -0.4 is 0 Å². The monoisotopic (exact) mass is 385 g/mol. The van der Waals surface area contributed by atoms with E-state index in [9.17, 15) is 9.59 Å². The molecule has 0 aliphatic carbocycles. The predicted octanol–water partition coefficient (Wildman–Crippen LogP) is 3.95. The maximum atomic E-state index is 13.1. The molecule has 27 heavy (non-hydrogen) atoms. The molecule has 1 aliphatic rings. The number of carbonyl (C=O) groups excluding carboxylic acids is 2. The lowest BCUT2D eigenvalue weighted by molar-refractivity contribution is -0.136. The highest BCUT2D eigenvalue weighted by atomic mass is 32.2. The molecule has 0 N–H and O–H groups in total. The number of amides is 2. The van der Waals surface area contributed by atoms with Gasteiger partial charge in [0.25, 0.3) is 11.8 Å². The lowest BCUT2D eigenvalue weighted by Crippen LogP contribution is -2.33. The van der Waals surface area contributed by atoms with Gasteiger partial charge in [-0.1, -0.05) is 23.8 Å². The number of thioether (sulfide) groups is 1. The number of benzene rings is 1. The van der Waals surface area contributed by atoms with E-state index in [1.807, 2.05) is 44.2 Å². The summed E-state index contributed by atoms with van der Waals surface area (Å²) in [5.41, 5.74) is 3.41. The Bertz CT molecular complexity index is 870. The summed E-state index contributed by atoms with van der Waals surface area (Å²) in [6.07, 6.45) is 2.22. The number of imide groups is 1. The van der Waals surface area contributed by atoms with E-state index in [0.29, 0.717) is 35.8 Å². The van der Waals surface area contributed by atoms with E-state index in [-0.39, 0.29) is 11.8 Å². The fraction of sp³-hybridized carbons (Fsp3) is 0.333. The highest BCUT2D eigenvalue weighted by Gasteiger charge is 2.39. The zero-order valence-electron chi connectivity index (χ0n) is 15.8. The number of rotatable bonds is 8. The number of carbonyl (C=O) groups is 2. The number of nitrogens with zero attached hydrogens (tertiary/aromatic N) is 1. The number of hydrogen-bond donors (Lipinski definition) is 0. The average Bonchev–Trinajstić information content (AvgIpc) is 3.22. The van der Waals surface area contributed by atoms with Crippen LogP contribution in [0, 0.1) is 13.8 Å². The van der Waals surface area contributed by atoms with E-state index >= 15 is 0 Å². The van der Waals surface area contributed by atoms with Crippen LogP contribution in [-0.4, -0.2) is 37.0 Å². The van der Waals surface area contributed by atoms with Crippen molar-refractivity contribution < 1.29 is 18.7 Å². The first kappa shape index (κ1) is 19.5. The summed E-state index contributed by atoms with van der Waals surface area (Å²) in [4.78, 5) is 27.9. The van der Waals surface area contributed by atoms with Crippen molar-refractivity contribution in [1.29, 1.82) is 0 Å². The fourth-order valence-corrected chi connectivity index (χ4v) is 4.15. The second-order valence-corrected chi connectivity index (χ2v) is 7.48. The Morgan fingerprint density at radius 3 is 2.63 bits per heavy atom. The van der Waals surface area contributed by atoms with Crippen molar-refractivity contribution in [3.8, 4) is 0 Å². The Hall–Kier alpha value is -2.31. The van der Waals surface area contributed by atoms with Gasteiger partial charge in [-0.25, -0.2) is 0 Å². The Labute approximate surface area is 163 Å². The lowest BCUT2D eigenvalue weighted by atomic mass is 9.99. The Morgan fingerprint density at radius 1 is 1.15 bits per heavy atom. The van der Waals surface area contributed by atoms with Crippen LogP contribution in [-0.2, 0) is 20.1 Å². The number of methoxy groups -OCH3 is 1. The molecule has 2 aromatic rings. The topological polar surface area (TPSA) is 59.8 Å². The van der Waals surface area contributed by atoms with Gasteiger partial charge in [0.1, 0.15) is 5.76 Å². The zero-order valence-corrected chi connectivity index (χ0v) is 16.6. The molecular weight excluding hydrogens is 362 g/mol. The molecule has 2 amide bonds. The van der Waals surface area contributed by atoms with E-state index < -0.39 is 0 Å². The summed E-state index contributed by atoms with van der Waals surface area (Å²) >= 11 is 1.36. The van der Waals surface area contributed by atoms with Gasteiger partial charge in [0.2, 0.25) is 0 Å². The summed E-state index contributed by atoms with van der Waals surface area (Å²) in [5.74, 6) is 0.806. The predicted molar refractivity (Wildman–Crippen MR) is 106 cm³/mol. The molecule has 0 radical (unpaired) electrons. The molecule has 0 fully saturated rings. The van der Waals surface area contributed by atoms with Crippen LogP contribution in [0.2, 0.25) is 0 Å². The third-order valence-electron chi connectivity index (χ3n) is 4.45. The van der Waals surface area contributed by atoms with Gasteiger partial charge in [0.15, 0.2) is 0 Å². The highest BCUT2D eigenvalue weighted by molar-refractivity contribution is 8.03. The summed E-state index contributed by atoms with van der Waals surface area (Å²) in [5, 5.41) is 0. The first-order valence-electron chi connectivity index (χ1n) is 8.85. The quantitative estimate of drug-likeness (QED) is 0.509. The van der Waals surface area contributed by atoms with Crippen molar-refractivity contribution in [3.05, 3.63) is 64.0 Å². The van der Waals surface area contributed by atoms with Gasteiger partial charge in [-0.3, -0.25) is 14.5 Å². The molecule has 0 saturated carbocycles. The summed E-state index contributed by atoms with van der Waals surface area (Å²) < 4.78 is 10.4. The van der Waals surface area contributed by atoms with Gasteiger partial charge in [-0.05, 0) is 43.5 Å². The smallest absolute Gasteiger partial charge is 0.267 e. The normalized spacial score (nSPS) is 14.6. The Morgan fingerprint density at radius 2 is 1.96 bits per heavy atom. The molecule has 2 heterocycles. The van der Waals surface area contributed by atoms with Crippen LogP contribution in [0.25, 0.3) is 5.57 Å². The van der Waals surface area contributed by atoms with Gasteiger partial charge in [0.05, 0.1) is 22.5 Å². The average molecular weight is 385 g/mol. The molecule has 0 bridgehead atoms. The van der Waals surface area contributed by atoms with Gasteiger partial charge in [0, 0.05) is 20.3 Å². The van der Waals surface area contributed by atoms with Gasteiger partial charge < -0.3 is 9.15 Å². The number of furan rings is 1. The molecule has 3 rings (SSSR count). The molecule has 0 atom stereocenters. The van der Waals surface area contributed by atoms with Crippen LogP contribution >= 0.6 is 11.8 Å². The van der Waals surface area contributed by atoms with Crippen molar-refractivity contribution in [2.75, 3.05) is 20.3 Å². The minimum atomic E-state index is -0.234. The van der Waals surface area contributed by atoms with E-state index in [4.69, 9.17) is 9.15 Å². The number of ether oxygens (including phenoxy) is 1. The molecule has 6 heteroatoms. The molecule has 1 aromatic heterocycles. The van der Waals surface area contributed by atoms with Crippen LogP contribution in [0.4, 0.5) is 0 Å². The maximum Gasteiger partial charge on any atom is 0.267 e. The van der Waals surface area contributed by atoms with Crippen LogP contribution in [0.5, 0.6) is 0 Å². The second-order valence-electron chi connectivity index (χ2n) is 6.50. The summed E-state index contributed by atoms with van der Waals surface area (Å²) in [6.45, 7) is 4.83. The number of aryl methyl sites for hydroxylation is 2. The molecule has 1 aliphatic heterocycles. The van der Waals surface area contributed by atoms with Crippen molar-refractivity contribution in [1.82, 2.24) is 4.90 Å². The van der Waals surface area contributed by atoms with E-state index in [1.165, 1.54) is 16.7 Å². The van der Waals surface area contributed by atoms with E-state index in [0.717, 1.165) is 22.5 Å². The lowest BCUT2D eigenvalue weighted by Gasteiger charge is -2.15. The van der Waals surface area contributed by atoms with Crippen molar-refractivity contribution >= 4 is 29.1 Å². The SMILES string of the molecule is COCCCN1C(=O)C(SCc2ccco2)=C(c2ccc(C)cc2C)C1=O. The third-order valence-corrected chi connectivity index (χ3v) is 5.54. The van der Waals surface area contributed by atoms with Crippen LogP contribution in [0.15, 0.2) is 45.9 Å². The Balaban J connectivity index is 1.94. The summed E-state index contributed by atoms with van der Waals surface area (Å²) in [7, 11) is 1.61. The Kier molecular flexibility index (Phi) is 6.19. The molecule has 1 aromatic carbocycles. The second kappa shape index (κ2) is 8.59. The molecule has 0 saturated heterocycles. The van der Waals surface area contributed by atoms with E-state index in [1.54, 1.807) is 13.4 Å². The maximum absolute atomic E-state index is 13.1. The molecular formula is C21H23NO4S. The number of hydrogen-bond acceptors (Lipinski definition) is 5. The standard InChI is InChI=1S/C21H23NO4S/c1-14-7-8-17(15(2)12-14)18-19(27-13-16-6-4-11-26-16)21(24)22(20(18)23)9-5-10-25-3/h4,6-8,11-12H,5,9-10,13H2,1-3H3. The molecule has 0 unspecified atom stereocenters. The molecule has 0 spiro atoms. The minimum absolute atomic E-state index is 0.231. The molecule has 142 valence electrons. The van der Waals surface area contributed by atoms with E-state index in [2.05, 4.69) is 0 Å².